The summed E-state index contributed by atoms with van der Waals surface area (Å²) in [6.45, 7) is 0. The molecule has 1 heterocycles. The number of pyridine rings is 1. The fourth-order valence-electron chi connectivity index (χ4n) is 3.38. The molecule has 0 radical (unpaired) electrons. The summed E-state index contributed by atoms with van der Waals surface area (Å²) in [6.07, 6.45) is 0. The maximum Gasteiger partial charge on any atom is 0.214 e. The molecule has 0 aliphatic carbocycles. The molecule has 0 fully saturated rings. The van der Waals surface area contributed by atoms with Gasteiger partial charge in [-0.25, -0.2) is 8.78 Å². The van der Waals surface area contributed by atoms with Gasteiger partial charge in [-0.1, -0.05) is 18.2 Å². The molecule has 0 saturated carbocycles. The Morgan fingerprint density at radius 1 is 0.923 bits per heavy atom. The molecule has 0 amide bonds. The van der Waals surface area contributed by atoms with Crippen molar-refractivity contribution in [2.45, 2.75) is 0 Å². The summed E-state index contributed by atoms with van der Waals surface area (Å²) in [5, 5.41) is 12.8. The Bertz CT molecular complexity index is 1200. The number of nitrogens with zero attached hydrogens (tertiary/aromatic N) is 1. The Hall–Kier alpha value is -3.34. The van der Waals surface area contributed by atoms with Crippen LogP contribution in [0.3, 0.4) is 0 Å². The van der Waals surface area contributed by atoms with Gasteiger partial charge >= 0.3 is 0 Å². The van der Waals surface area contributed by atoms with Crippen LogP contribution in [0, 0.1) is 11.6 Å². The summed E-state index contributed by atoms with van der Waals surface area (Å²) in [5.41, 5.74) is 2.21. The number of carboxylic acids is 1. The number of rotatable bonds is 2. The van der Waals surface area contributed by atoms with Gasteiger partial charge in [0.15, 0.2) is 0 Å². The summed E-state index contributed by atoms with van der Waals surface area (Å²) in [4.78, 5) is 11.8. The van der Waals surface area contributed by atoms with Crippen LogP contribution in [-0.2, 0) is 7.05 Å². The quantitative estimate of drug-likeness (QED) is 0.412. The van der Waals surface area contributed by atoms with E-state index in [2.05, 4.69) is 0 Å². The van der Waals surface area contributed by atoms with Gasteiger partial charge in [-0.15, -0.1) is 0 Å². The molecular formula is C21H13F2NO2. The van der Waals surface area contributed by atoms with E-state index in [9.17, 15) is 18.7 Å². The minimum Gasteiger partial charge on any atom is -0.545 e. The third kappa shape index (κ3) is 2.40. The molecule has 128 valence electrons. The molecule has 5 heteroatoms. The van der Waals surface area contributed by atoms with Crippen molar-refractivity contribution in [1.82, 2.24) is 0 Å². The fourth-order valence-corrected chi connectivity index (χ4v) is 3.38. The first-order valence-electron chi connectivity index (χ1n) is 7.98. The van der Waals surface area contributed by atoms with Crippen LogP contribution in [0.2, 0.25) is 0 Å². The van der Waals surface area contributed by atoms with Crippen molar-refractivity contribution in [2.24, 2.45) is 7.05 Å². The van der Waals surface area contributed by atoms with Gasteiger partial charge in [-0.05, 0) is 29.8 Å². The van der Waals surface area contributed by atoms with Gasteiger partial charge < -0.3 is 9.90 Å². The van der Waals surface area contributed by atoms with E-state index in [1.54, 1.807) is 30.3 Å². The first-order valence-corrected chi connectivity index (χ1v) is 7.98. The highest BCUT2D eigenvalue weighted by molar-refractivity contribution is 6.11. The van der Waals surface area contributed by atoms with Crippen molar-refractivity contribution in [3.8, 4) is 11.1 Å². The minimum atomic E-state index is -1.27. The molecule has 1 aromatic heterocycles. The van der Waals surface area contributed by atoms with E-state index in [1.165, 1.54) is 12.1 Å². The number of carbonyl (C=O) groups excluding carboxylic acids is 1. The molecule has 4 rings (SSSR count). The predicted octanol–water partition coefficient (Wildman–Crippen LogP) is 3.13. The van der Waals surface area contributed by atoms with E-state index in [1.807, 2.05) is 23.7 Å². The third-order valence-corrected chi connectivity index (χ3v) is 4.61. The number of carbonyl (C=O) groups is 1. The van der Waals surface area contributed by atoms with Crippen molar-refractivity contribution in [3.63, 3.8) is 0 Å². The normalized spacial score (nSPS) is 11.2. The number of carboxylic acid groups (broad SMARTS) is 1. The number of para-hydroxylation sites is 1. The molecule has 4 aromatic rings. The van der Waals surface area contributed by atoms with Crippen molar-refractivity contribution in [2.75, 3.05) is 0 Å². The van der Waals surface area contributed by atoms with Crippen molar-refractivity contribution < 1.29 is 23.2 Å². The average molecular weight is 349 g/mol. The zero-order valence-corrected chi connectivity index (χ0v) is 13.8. The molecular weight excluding hydrogens is 336 g/mol. The van der Waals surface area contributed by atoms with E-state index in [0.29, 0.717) is 21.9 Å². The number of aryl methyl sites for hydroxylation is 1. The van der Waals surface area contributed by atoms with Gasteiger partial charge in [0.2, 0.25) is 11.0 Å². The number of benzene rings is 3. The lowest BCUT2D eigenvalue weighted by molar-refractivity contribution is -0.617. The van der Waals surface area contributed by atoms with Crippen LogP contribution >= 0.6 is 0 Å². The van der Waals surface area contributed by atoms with Gasteiger partial charge in [0.1, 0.15) is 18.7 Å². The van der Waals surface area contributed by atoms with Crippen molar-refractivity contribution in [3.05, 3.63) is 77.9 Å². The molecule has 0 aliphatic rings. The van der Waals surface area contributed by atoms with E-state index in [4.69, 9.17) is 0 Å². The predicted molar refractivity (Wildman–Crippen MR) is 92.3 cm³/mol. The van der Waals surface area contributed by atoms with Crippen LogP contribution in [0.25, 0.3) is 32.9 Å². The van der Waals surface area contributed by atoms with E-state index < -0.39 is 17.6 Å². The Labute approximate surface area is 147 Å². The molecule has 0 atom stereocenters. The van der Waals surface area contributed by atoms with Crippen LogP contribution in [0.4, 0.5) is 8.78 Å². The van der Waals surface area contributed by atoms with Crippen LogP contribution in [-0.4, -0.2) is 5.97 Å². The second-order valence-electron chi connectivity index (χ2n) is 6.09. The van der Waals surface area contributed by atoms with Crippen molar-refractivity contribution >= 4 is 27.8 Å². The van der Waals surface area contributed by atoms with E-state index >= 15 is 0 Å². The van der Waals surface area contributed by atoms with E-state index in [-0.39, 0.29) is 11.1 Å². The number of fused-ring (bicyclic) bond motifs is 2. The average Bonchev–Trinajstić information content (AvgIpc) is 2.62. The smallest absolute Gasteiger partial charge is 0.214 e. The van der Waals surface area contributed by atoms with Gasteiger partial charge in [0, 0.05) is 29.3 Å². The molecule has 0 aliphatic heterocycles. The first-order chi connectivity index (χ1) is 12.5. The number of halogens is 2. The second-order valence-corrected chi connectivity index (χ2v) is 6.09. The van der Waals surface area contributed by atoms with Crippen LogP contribution in [0.1, 0.15) is 10.4 Å². The Balaban J connectivity index is 2.09. The fraction of sp³-hybridized carbons (Fsp3) is 0.0476. The largest absolute Gasteiger partial charge is 0.545 e. The topological polar surface area (TPSA) is 44.0 Å². The zero-order valence-electron chi connectivity index (χ0n) is 13.8. The van der Waals surface area contributed by atoms with Gasteiger partial charge in [0.05, 0.1) is 16.7 Å². The summed E-state index contributed by atoms with van der Waals surface area (Å²) >= 11 is 0. The molecule has 26 heavy (non-hydrogen) atoms. The lowest BCUT2D eigenvalue weighted by Crippen LogP contribution is -2.33. The summed E-state index contributed by atoms with van der Waals surface area (Å²) in [6, 6.07) is 15.5. The number of aromatic nitrogens is 1. The monoisotopic (exact) mass is 349 g/mol. The van der Waals surface area contributed by atoms with Gasteiger partial charge in [-0.2, -0.15) is 4.57 Å². The Kier molecular flexibility index (Phi) is 3.65. The second kappa shape index (κ2) is 5.88. The lowest BCUT2D eigenvalue weighted by Gasteiger charge is -2.12. The SMILES string of the molecule is C[n+]1c2ccccc2c(C(=O)[O-])c2ccc(-c3ccc(F)cc3F)cc21. The van der Waals surface area contributed by atoms with Gasteiger partial charge in [0.25, 0.3) is 0 Å². The highest BCUT2D eigenvalue weighted by atomic mass is 19.1. The Morgan fingerprint density at radius 2 is 1.65 bits per heavy atom. The highest BCUT2D eigenvalue weighted by Crippen LogP contribution is 2.29. The summed E-state index contributed by atoms with van der Waals surface area (Å²) < 4.78 is 29.2. The molecule has 0 N–H and O–H groups in total. The Morgan fingerprint density at radius 3 is 2.38 bits per heavy atom. The molecule has 3 nitrogen and oxygen atoms in total. The van der Waals surface area contributed by atoms with Crippen molar-refractivity contribution in [1.29, 1.82) is 0 Å². The van der Waals surface area contributed by atoms with E-state index in [0.717, 1.165) is 11.6 Å². The molecule has 3 aromatic carbocycles. The molecule has 0 bridgehead atoms. The maximum absolute atomic E-state index is 14.1. The van der Waals surface area contributed by atoms with Crippen LogP contribution < -0.4 is 9.67 Å². The summed E-state index contributed by atoms with van der Waals surface area (Å²) in [7, 11) is 1.81. The third-order valence-electron chi connectivity index (χ3n) is 4.61. The first kappa shape index (κ1) is 16.1. The highest BCUT2D eigenvalue weighted by Gasteiger charge is 2.19. The minimum absolute atomic E-state index is 0.0971. The summed E-state index contributed by atoms with van der Waals surface area (Å²) in [5.74, 6) is -2.59. The number of hydrogen-bond acceptors (Lipinski definition) is 2. The number of aromatic carboxylic acids is 1. The zero-order chi connectivity index (χ0) is 18.4. The van der Waals surface area contributed by atoms with Gasteiger partial charge in [-0.3, -0.25) is 0 Å². The lowest BCUT2D eigenvalue weighted by atomic mass is 9.98. The molecule has 0 unspecified atom stereocenters. The number of hydrogen-bond donors (Lipinski definition) is 0. The van der Waals surface area contributed by atoms with Crippen LogP contribution in [0.15, 0.2) is 60.7 Å². The molecule has 0 spiro atoms. The maximum atomic E-state index is 14.1. The standard InChI is InChI=1S/C21H13F2NO2/c1-24-18-5-3-2-4-15(18)20(21(25)26)16-8-6-12(10-19(16)24)14-9-7-13(22)11-17(14)23/h2-11H,1H3. The van der Waals surface area contributed by atoms with Crippen LogP contribution in [0.5, 0.6) is 0 Å². The molecule has 0 saturated heterocycles.